The fourth-order valence-electron chi connectivity index (χ4n) is 21.3. The predicted octanol–water partition coefficient (Wildman–Crippen LogP) is 38.9. The third kappa shape index (κ3) is 15.6. The van der Waals surface area contributed by atoms with Crippen LogP contribution < -0.4 is 0 Å². The number of benzene rings is 22. The highest BCUT2D eigenvalue weighted by molar-refractivity contribution is 7.28. The zero-order valence-electron chi connectivity index (χ0n) is 78.9. The average molecular weight is 1960 g/mol. The van der Waals surface area contributed by atoms with Gasteiger partial charge in [-0.2, -0.15) is 0 Å². The molecule has 0 aliphatic carbocycles. The minimum absolute atomic E-state index is 0.653. The zero-order chi connectivity index (χ0) is 96.9. The van der Waals surface area contributed by atoms with E-state index in [0.717, 1.165) is 98.6 Å². The van der Waals surface area contributed by atoms with Crippen molar-refractivity contribution in [1.82, 2.24) is 34.9 Å². The molecule has 686 valence electrons. The quantitative estimate of drug-likeness (QED) is 0.114. The minimum Gasteiger partial charge on any atom is -0.226 e. The number of aromatic nitrogens is 7. The summed E-state index contributed by atoms with van der Waals surface area (Å²) < 4.78 is 12.2. The van der Waals surface area contributed by atoms with Gasteiger partial charge in [-0.25, -0.2) is 34.9 Å². The van der Waals surface area contributed by atoms with Gasteiger partial charge in [-0.05, 0) is 171 Å². The van der Waals surface area contributed by atoms with Crippen LogP contribution in [-0.2, 0) is 0 Å². The fraction of sp³-hybridized carbons (Fsp3) is 0. The summed E-state index contributed by atoms with van der Waals surface area (Å²) in [6, 6.07) is 175. The van der Waals surface area contributed by atoms with E-state index < -0.39 is 0 Å². The molecule has 0 spiro atoms. The summed E-state index contributed by atoms with van der Waals surface area (Å²) in [5, 5.41) is 19.4. The molecular formula is C135H81N7S5. The second kappa shape index (κ2) is 36.8. The van der Waals surface area contributed by atoms with Crippen LogP contribution in [0.5, 0.6) is 0 Å². The van der Waals surface area contributed by atoms with Gasteiger partial charge in [0.15, 0.2) is 29.1 Å². The number of nitrogens with zero attached hydrogens (tertiary/aromatic N) is 7. The Kier molecular flexibility index (Phi) is 21.8. The minimum atomic E-state index is 0.653. The van der Waals surface area contributed by atoms with Crippen LogP contribution in [0.15, 0.2) is 491 Å². The molecule has 0 aliphatic rings. The Morgan fingerprint density at radius 2 is 0.449 bits per heavy atom. The summed E-state index contributed by atoms with van der Waals surface area (Å²) in [7, 11) is 0. The Hall–Kier alpha value is -17.9. The third-order valence-electron chi connectivity index (χ3n) is 28.4. The maximum Gasteiger partial charge on any atom is 0.165 e. The van der Waals surface area contributed by atoms with Crippen LogP contribution in [0, 0.1) is 0 Å². The summed E-state index contributed by atoms with van der Waals surface area (Å²) in [6.45, 7) is 0. The molecule has 0 fully saturated rings. The van der Waals surface area contributed by atoms with E-state index in [1.165, 1.54) is 174 Å². The smallest absolute Gasteiger partial charge is 0.165 e. The fourth-order valence-corrected chi connectivity index (χ4v) is 27.3. The largest absolute Gasteiger partial charge is 0.226 e. The molecule has 8 aromatic heterocycles. The van der Waals surface area contributed by atoms with E-state index >= 15 is 0 Å². The molecule has 0 N–H and O–H groups in total. The summed E-state index contributed by atoms with van der Waals surface area (Å²) in [4.78, 5) is 37.1. The Balaban J connectivity index is 0.000000107. The van der Waals surface area contributed by atoms with Crippen molar-refractivity contribution in [2.45, 2.75) is 0 Å². The number of fused-ring (bicyclic) bond motifs is 22. The van der Waals surface area contributed by atoms with Gasteiger partial charge in [-0.1, -0.05) is 431 Å². The first kappa shape index (κ1) is 87.0. The summed E-state index contributed by atoms with van der Waals surface area (Å²) in [6.07, 6.45) is 0. The molecule has 0 saturated carbocycles. The first-order valence-corrected chi connectivity index (χ1v) is 53.3. The molecule has 22 aromatic carbocycles. The molecule has 0 atom stereocenters. The Morgan fingerprint density at radius 1 is 0.129 bits per heavy atom. The van der Waals surface area contributed by atoms with Crippen LogP contribution in [0.2, 0.25) is 0 Å². The van der Waals surface area contributed by atoms with Gasteiger partial charge < -0.3 is 0 Å². The predicted molar refractivity (Wildman–Crippen MR) is 629 cm³/mol. The van der Waals surface area contributed by atoms with Gasteiger partial charge in [0.25, 0.3) is 0 Å². The van der Waals surface area contributed by atoms with Crippen molar-refractivity contribution in [3.8, 4) is 146 Å². The number of rotatable bonds is 13. The summed E-state index contributed by atoms with van der Waals surface area (Å²) in [5.74, 6) is 3.50. The van der Waals surface area contributed by atoms with Crippen LogP contribution in [-0.4, -0.2) is 34.9 Å². The van der Waals surface area contributed by atoms with Gasteiger partial charge in [0.1, 0.15) is 0 Å². The van der Waals surface area contributed by atoms with E-state index in [4.69, 9.17) is 34.9 Å². The number of thiophene rings is 5. The van der Waals surface area contributed by atoms with Gasteiger partial charge in [0.2, 0.25) is 0 Å². The van der Waals surface area contributed by atoms with Crippen molar-refractivity contribution < 1.29 is 0 Å². The van der Waals surface area contributed by atoms with E-state index in [1.54, 1.807) is 34.0 Å². The molecule has 7 nitrogen and oxygen atoms in total. The number of hydrogen-bond donors (Lipinski definition) is 0. The lowest BCUT2D eigenvalue weighted by Gasteiger charge is -2.14. The van der Waals surface area contributed by atoms with E-state index in [0.29, 0.717) is 17.5 Å². The molecule has 0 saturated heterocycles. The standard InChI is InChI=1S/C47H29N3S.2C44H26N2S2/c1-4-14-30(15-5-1)33-24-27-42-40(28-33)43-36-21-11-10-20-34(36)29-41(44(43)51-42)47-49-45(32-18-8-3-9-19-32)48-46(50-47)39-26-25-35(31-16-6-2-7-17-31)37-22-12-13-23-38(37)39;1-3-12-27(13-4-1)28-22-24-30(25-23-28)40-43-41(34-18-9-10-21-37(34)47-43)46-44(45-40)36-26-38-39(33-17-8-7-16-32(33)36)35-20-11-19-31(42(35)48-38)29-14-5-2-6-15-29;1-3-11-27(12-4-1)28-19-21-29(22-20-28)31-23-24-38-36(25-31)40-33-16-8-7-15-32(33)35(26-39(40)47-38)44-45-41(30-13-5-2-6-14-30)43-42(46-44)34-17-9-10-18-37(34)48-43/h1-29H;2*1-26H. The molecule has 30 aromatic rings. The first-order valence-electron chi connectivity index (χ1n) is 49.3. The van der Waals surface area contributed by atoms with E-state index in [2.05, 4.69) is 473 Å². The molecule has 0 aliphatic heterocycles. The second-order valence-electron chi connectivity index (χ2n) is 37.0. The maximum atomic E-state index is 5.42. The van der Waals surface area contributed by atoms with E-state index in [9.17, 15) is 0 Å². The molecule has 0 amide bonds. The summed E-state index contributed by atoms with van der Waals surface area (Å²) in [5.41, 5.74) is 25.8. The lowest BCUT2D eigenvalue weighted by atomic mass is 9.94. The van der Waals surface area contributed by atoms with Crippen molar-refractivity contribution in [1.29, 1.82) is 0 Å². The molecule has 0 radical (unpaired) electrons. The van der Waals surface area contributed by atoms with Crippen molar-refractivity contribution in [3.05, 3.63) is 491 Å². The van der Waals surface area contributed by atoms with Crippen LogP contribution in [0.3, 0.4) is 0 Å². The van der Waals surface area contributed by atoms with Crippen LogP contribution in [0.4, 0.5) is 0 Å². The molecule has 30 rings (SSSR count). The molecule has 0 bridgehead atoms. The van der Waals surface area contributed by atoms with Crippen LogP contribution in [0.25, 0.3) is 290 Å². The van der Waals surface area contributed by atoms with Gasteiger partial charge >= 0.3 is 0 Å². The van der Waals surface area contributed by atoms with Gasteiger partial charge in [0.05, 0.1) is 31.8 Å². The highest BCUT2D eigenvalue weighted by Crippen LogP contribution is 2.52. The van der Waals surface area contributed by atoms with Gasteiger partial charge in [-0.3, -0.25) is 0 Å². The van der Waals surface area contributed by atoms with E-state index in [-0.39, 0.29) is 0 Å². The van der Waals surface area contributed by atoms with Crippen molar-refractivity contribution in [2.75, 3.05) is 0 Å². The Labute approximate surface area is 866 Å². The second-order valence-corrected chi connectivity index (χ2v) is 42.3. The Bertz CT molecular complexity index is 10400. The molecular weight excluding hydrogens is 1880 g/mol. The SMILES string of the molecule is c1ccc(-c2ccc(-c3ccc4sc5cc(-c6nc(-c7ccccc7)c7sc8ccccc8c7n6)c6ccccc6c5c4c3)cc2)cc1.c1ccc(-c2ccc(-c3nc(-c4cc5sc6c(-c7ccccc7)cccc6c5c5ccccc45)nc4c3sc3ccccc34)cc2)cc1.c1ccc(-c2ccc3sc4c(-c5nc(-c6ccccc6)nc(-c6ccc(-c7ccccc7)c7ccccc67)n5)cc5ccccc5c4c3c2)cc1. The third-order valence-corrected chi connectivity index (χ3v) is 34.2. The lowest BCUT2D eigenvalue weighted by Crippen LogP contribution is -2.01. The molecule has 12 heteroatoms. The average Bonchev–Trinajstić information content (AvgIpc) is 1.65. The highest BCUT2D eigenvalue weighted by Gasteiger charge is 2.27. The van der Waals surface area contributed by atoms with Crippen molar-refractivity contribution >= 4 is 201 Å². The highest BCUT2D eigenvalue weighted by atomic mass is 32.1. The van der Waals surface area contributed by atoms with Crippen LogP contribution >= 0.6 is 56.7 Å². The molecule has 0 unspecified atom stereocenters. The van der Waals surface area contributed by atoms with Crippen molar-refractivity contribution in [2.24, 2.45) is 0 Å². The number of hydrogen-bond acceptors (Lipinski definition) is 12. The van der Waals surface area contributed by atoms with E-state index in [1.807, 2.05) is 40.9 Å². The molecule has 8 heterocycles. The van der Waals surface area contributed by atoms with Gasteiger partial charge in [-0.15, -0.1) is 56.7 Å². The van der Waals surface area contributed by atoms with Crippen LogP contribution in [0.1, 0.15) is 0 Å². The normalized spacial score (nSPS) is 11.7. The van der Waals surface area contributed by atoms with Gasteiger partial charge in [0, 0.05) is 120 Å². The first-order chi connectivity index (χ1) is 72.9. The lowest BCUT2D eigenvalue weighted by molar-refractivity contribution is 1.08. The monoisotopic (exact) mass is 1960 g/mol. The maximum absolute atomic E-state index is 5.42. The Morgan fingerprint density at radius 3 is 0.973 bits per heavy atom. The zero-order valence-corrected chi connectivity index (χ0v) is 83.0. The summed E-state index contributed by atoms with van der Waals surface area (Å²) >= 11 is 9.06. The topological polar surface area (TPSA) is 90.2 Å². The van der Waals surface area contributed by atoms with Crippen molar-refractivity contribution in [3.63, 3.8) is 0 Å². The molecule has 147 heavy (non-hydrogen) atoms.